The first-order chi connectivity index (χ1) is 13.3. The summed E-state index contributed by atoms with van der Waals surface area (Å²) in [5.41, 5.74) is 0.259. The molecule has 1 atom stereocenters. The third-order valence-electron chi connectivity index (χ3n) is 4.66. The van der Waals surface area contributed by atoms with Gasteiger partial charge in [0.1, 0.15) is 0 Å². The molecule has 142 valence electrons. The number of fused-ring (bicyclic) bond motifs is 2. The Morgan fingerprint density at radius 1 is 1.04 bits per heavy atom. The van der Waals surface area contributed by atoms with E-state index in [2.05, 4.69) is 5.32 Å². The van der Waals surface area contributed by atoms with Gasteiger partial charge in [0.2, 0.25) is 5.91 Å². The van der Waals surface area contributed by atoms with Crippen LogP contribution in [0, 0.1) is 6.92 Å². The van der Waals surface area contributed by atoms with Gasteiger partial charge in [0, 0.05) is 10.4 Å². The number of carbonyl (C=O) groups excluding carboxylic acids is 1. The highest BCUT2D eigenvalue weighted by molar-refractivity contribution is 7.53. The molecule has 4 aromatic rings. The monoisotopic (exact) mass is 411 g/mol. The van der Waals surface area contributed by atoms with E-state index in [4.69, 9.17) is 0 Å². The lowest BCUT2D eigenvalue weighted by Crippen LogP contribution is -2.21. The van der Waals surface area contributed by atoms with Crippen molar-refractivity contribution in [2.45, 2.75) is 12.6 Å². The number of amides is 1. The first-order valence-electron chi connectivity index (χ1n) is 8.65. The van der Waals surface area contributed by atoms with Crippen LogP contribution in [0.15, 0.2) is 66.0 Å². The van der Waals surface area contributed by atoms with Gasteiger partial charge in [-0.25, -0.2) is 0 Å². The van der Waals surface area contributed by atoms with Crippen molar-refractivity contribution in [3.8, 4) is 0 Å². The number of hydrogen-bond acceptors (Lipinski definition) is 3. The van der Waals surface area contributed by atoms with Gasteiger partial charge in [0.15, 0.2) is 5.66 Å². The molecule has 3 N–H and O–H groups in total. The molecule has 1 heterocycles. The molecule has 0 saturated carbocycles. The fourth-order valence-corrected chi connectivity index (χ4v) is 5.34. The van der Waals surface area contributed by atoms with E-state index in [0.29, 0.717) is 16.6 Å². The van der Waals surface area contributed by atoms with E-state index < -0.39 is 19.2 Å². The SMILES string of the molecule is Cc1ccc2scc(C(C(=O)Nc3ccc4ccccc4c3)P(=O)(O)O)c2c1. The average Bonchev–Trinajstić information content (AvgIpc) is 3.03. The Balaban J connectivity index is 1.73. The minimum atomic E-state index is -4.73. The zero-order valence-electron chi connectivity index (χ0n) is 15.0. The molecule has 0 aliphatic heterocycles. The lowest BCUT2D eigenvalue weighted by atomic mass is 10.1. The van der Waals surface area contributed by atoms with Gasteiger partial charge >= 0.3 is 7.60 Å². The molecule has 1 unspecified atom stereocenters. The molecule has 0 saturated heterocycles. The van der Waals surface area contributed by atoms with Crippen molar-refractivity contribution in [3.63, 3.8) is 0 Å². The highest BCUT2D eigenvalue weighted by Gasteiger charge is 2.39. The standard InChI is InChI=1S/C21H18NO4PS/c1-13-6-9-19-17(10-13)18(12-28-19)20(27(24,25)26)21(23)22-16-8-7-14-4-2-3-5-15(14)11-16/h2-12,20H,1H3,(H,22,23)(H2,24,25,26). The van der Waals surface area contributed by atoms with Crippen molar-refractivity contribution in [2.24, 2.45) is 0 Å². The summed E-state index contributed by atoms with van der Waals surface area (Å²) in [6, 6.07) is 18.8. The topological polar surface area (TPSA) is 86.6 Å². The summed E-state index contributed by atoms with van der Waals surface area (Å²) in [6.07, 6.45) is 0. The second-order valence-electron chi connectivity index (χ2n) is 6.73. The summed E-state index contributed by atoms with van der Waals surface area (Å²) in [5, 5.41) is 7.00. The number of benzene rings is 3. The minimum Gasteiger partial charge on any atom is -0.325 e. The van der Waals surface area contributed by atoms with Gasteiger partial charge in [-0.3, -0.25) is 9.36 Å². The van der Waals surface area contributed by atoms with Crippen LogP contribution in [0.1, 0.15) is 16.8 Å². The van der Waals surface area contributed by atoms with Crippen molar-refractivity contribution in [1.29, 1.82) is 0 Å². The van der Waals surface area contributed by atoms with Crippen molar-refractivity contribution < 1.29 is 19.1 Å². The summed E-state index contributed by atoms with van der Waals surface area (Å²) in [5.74, 6) is -0.718. The Labute approximate surface area is 165 Å². The molecule has 5 nitrogen and oxygen atoms in total. The molecule has 4 rings (SSSR count). The molecule has 1 aromatic heterocycles. The zero-order valence-corrected chi connectivity index (χ0v) is 16.7. The molecular formula is C21H18NO4PS. The molecule has 7 heteroatoms. The summed E-state index contributed by atoms with van der Waals surface area (Å²) >= 11 is 1.37. The Hall–Kier alpha value is -2.50. The van der Waals surface area contributed by atoms with Crippen LogP contribution in [-0.2, 0) is 9.36 Å². The van der Waals surface area contributed by atoms with E-state index >= 15 is 0 Å². The van der Waals surface area contributed by atoms with Gasteiger partial charge in [-0.2, -0.15) is 0 Å². The number of aryl methyl sites for hydroxylation is 1. The van der Waals surface area contributed by atoms with Gasteiger partial charge < -0.3 is 15.1 Å². The van der Waals surface area contributed by atoms with Crippen molar-refractivity contribution in [3.05, 3.63) is 77.2 Å². The van der Waals surface area contributed by atoms with Gasteiger partial charge in [-0.15, -0.1) is 11.3 Å². The number of thiophene rings is 1. The summed E-state index contributed by atoms with van der Waals surface area (Å²) in [7, 11) is -4.73. The van der Waals surface area contributed by atoms with E-state index in [0.717, 1.165) is 21.0 Å². The molecule has 0 bridgehead atoms. The molecule has 0 aliphatic carbocycles. The lowest BCUT2D eigenvalue weighted by Gasteiger charge is -2.18. The van der Waals surface area contributed by atoms with Crippen LogP contribution in [0.25, 0.3) is 20.9 Å². The van der Waals surface area contributed by atoms with Crippen molar-refractivity contribution in [2.75, 3.05) is 5.32 Å². The largest absolute Gasteiger partial charge is 0.342 e. The smallest absolute Gasteiger partial charge is 0.325 e. The summed E-state index contributed by atoms with van der Waals surface area (Å²) in [4.78, 5) is 32.8. The molecular weight excluding hydrogens is 393 g/mol. The fourth-order valence-electron chi connectivity index (χ4n) is 3.33. The molecule has 0 fully saturated rings. The lowest BCUT2D eigenvalue weighted by molar-refractivity contribution is -0.116. The van der Waals surface area contributed by atoms with Gasteiger partial charge in [0.05, 0.1) is 0 Å². The number of anilines is 1. The maximum Gasteiger partial charge on any atom is 0.342 e. The Kier molecular flexibility index (Phi) is 4.81. The van der Waals surface area contributed by atoms with Gasteiger partial charge in [-0.05, 0) is 52.2 Å². The fraction of sp³-hybridized carbons (Fsp3) is 0.0952. The second-order valence-corrected chi connectivity index (χ2v) is 9.34. The normalized spacial score (nSPS) is 13.0. The Morgan fingerprint density at radius 2 is 1.79 bits per heavy atom. The van der Waals surface area contributed by atoms with Crippen LogP contribution in [0.3, 0.4) is 0 Å². The number of carbonyl (C=O) groups is 1. The molecule has 0 spiro atoms. The molecule has 28 heavy (non-hydrogen) atoms. The van der Waals surface area contributed by atoms with Crippen molar-refractivity contribution in [1.82, 2.24) is 0 Å². The molecule has 0 radical (unpaired) electrons. The van der Waals surface area contributed by atoms with E-state index in [9.17, 15) is 19.1 Å². The predicted octanol–water partition coefficient (Wildman–Crippen LogP) is 5.22. The first-order valence-corrected chi connectivity index (χ1v) is 11.2. The van der Waals surface area contributed by atoms with Crippen LogP contribution in [0.4, 0.5) is 5.69 Å². The van der Waals surface area contributed by atoms with Crippen LogP contribution < -0.4 is 5.32 Å². The molecule has 1 amide bonds. The predicted molar refractivity (Wildman–Crippen MR) is 114 cm³/mol. The van der Waals surface area contributed by atoms with Crippen LogP contribution in [-0.4, -0.2) is 15.7 Å². The Bertz CT molecular complexity index is 1240. The van der Waals surface area contributed by atoms with E-state index in [1.165, 1.54) is 11.3 Å². The van der Waals surface area contributed by atoms with Gasteiger partial charge in [0.25, 0.3) is 0 Å². The number of rotatable bonds is 4. The third-order valence-corrected chi connectivity index (χ3v) is 6.82. The highest BCUT2D eigenvalue weighted by Crippen LogP contribution is 2.54. The average molecular weight is 411 g/mol. The quantitative estimate of drug-likeness (QED) is 0.402. The van der Waals surface area contributed by atoms with E-state index in [1.807, 2.05) is 55.5 Å². The van der Waals surface area contributed by atoms with Gasteiger partial charge in [-0.1, -0.05) is 48.0 Å². The second kappa shape index (κ2) is 7.15. The van der Waals surface area contributed by atoms with Crippen LogP contribution in [0.5, 0.6) is 0 Å². The van der Waals surface area contributed by atoms with E-state index in [1.54, 1.807) is 17.5 Å². The van der Waals surface area contributed by atoms with Crippen LogP contribution >= 0.6 is 18.9 Å². The summed E-state index contributed by atoms with van der Waals surface area (Å²) < 4.78 is 13.1. The molecule has 0 aliphatic rings. The first kappa shape index (κ1) is 18.8. The van der Waals surface area contributed by atoms with Crippen LogP contribution in [0.2, 0.25) is 0 Å². The highest BCUT2D eigenvalue weighted by atomic mass is 32.1. The van der Waals surface area contributed by atoms with E-state index in [-0.39, 0.29) is 0 Å². The number of hydrogen-bond donors (Lipinski definition) is 3. The minimum absolute atomic E-state index is 0.357. The maximum atomic E-state index is 12.9. The molecule has 3 aromatic carbocycles. The summed E-state index contributed by atoms with van der Waals surface area (Å²) in [6.45, 7) is 1.91. The zero-order chi connectivity index (χ0) is 19.9. The number of nitrogens with one attached hydrogen (secondary N) is 1. The third kappa shape index (κ3) is 3.60. The van der Waals surface area contributed by atoms with Crippen molar-refractivity contribution >= 4 is 51.4 Å². The Morgan fingerprint density at radius 3 is 2.54 bits per heavy atom. The maximum absolute atomic E-state index is 12.9.